The highest BCUT2D eigenvalue weighted by Crippen LogP contribution is 2.29. The van der Waals surface area contributed by atoms with Gasteiger partial charge in [0.1, 0.15) is 5.82 Å². The first-order chi connectivity index (χ1) is 8.54. The van der Waals surface area contributed by atoms with Crippen molar-refractivity contribution in [1.82, 2.24) is 10.2 Å². The first-order valence-electron chi connectivity index (χ1n) is 6.38. The zero-order chi connectivity index (χ0) is 13.1. The Bertz CT molecular complexity index is 409. The number of rotatable bonds is 3. The van der Waals surface area contributed by atoms with E-state index in [0.29, 0.717) is 11.9 Å². The molecule has 18 heavy (non-hydrogen) atoms. The van der Waals surface area contributed by atoms with E-state index in [-0.39, 0.29) is 5.69 Å². The largest absolute Gasteiger partial charge is 0.476 e. The Morgan fingerprint density at radius 1 is 1.22 bits per heavy atom. The predicted octanol–water partition coefficient (Wildman–Crippen LogP) is 2.41. The molecule has 5 heteroatoms. The zero-order valence-corrected chi connectivity index (χ0v) is 10.8. The quantitative estimate of drug-likeness (QED) is 0.860. The number of carboxylic acid groups (broad SMARTS) is 1. The van der Waals surface area contributed by atoms with Gasteiger partial charge in [-0.2, -0.15) is 0 Å². The number of nitrogens with zero attached hydrogens (tertiary/aromatic N) is 2. The van der Waals surface area contributed by atoms with Gasteiger partial charge in [0, 0.05) is 6.04 Å². The minimum Gasteiger partial charge on any atom is -0.476 e. The fourth-order valence-corrected chi connectivity index (χ4v) is 2.80. The zero-order valence-electron chi connectivity index (χ0n) is 10.8. The van der Waals surface area contributed by atoms with Crippen LogP contribution in [0.25, 0.3) is 0 Å². The fourth-order valence-electron chi connectivity index (χ4n) is 2.80. The van der Waals surface area contributed by atoms with Crippen LogP contribution >= 0.6 is 0 Å². The molecule has 0 bridgehead atoms. The molecule has 2 unspecified atom stereocenters. The monoisotopic (exact) mass is 249 g/mol. The molecule has 1 aliphatic rings. The lowest BCUT2D eigenvalue weighted by Crippen LogP contribution is -2.30. The topological polar surface area (TPSA) is 75.1 Å². The molecule has 0 aromatic carbocycles. The second-order valence-electron chi connectivity index (χ2n) is 5.37. The van der Waals surface area contributed by atoms with Crippen LogP contribution in [0.3, 0.4) is 0 Å². The van der Waals surface area contributed by atoms with Crippen LogP contribution in [-0.2, 0) is 0 Å². The van der Waals surface area contributed by atoms with Crippen molar-refractivity contribution in [2.45, 2.75) is 39.2 Å². The average molecular weight is 249 g/mol. The Kier molecular flexibility index (Phi) is 3.79. The SMILES string of the molecule is CC1CC(C)CC(Nc2ccc(C(=O)O)nn2)C1. The molecule has 1 heterocycles. The summed E-state index contributed by atoms with van der Waals surface area (Å²) in [7, 11) is 0. The summed E-state index contributed by atoms with van der Waals surface area (Å²) in [5, 5.41) is 19.7. The van der Waals surface area contributed by atoms with Gasteiger partial charge in [-0.1, -0.05) is 13.8 Å². The van der Waals surface area contributed by atoms with Gasteiger partial charge in [-0.15, -0.1) is 10.2 Å². The summed E-state index contributed by atoms with van der Waals surface area (Å²) < 4.78 is 0. The molecule has 2 atom stereocenters. The molecule has 0 amide bonds. The molecule has 0 aliphatic heterocycles. The van der Waals surface area contributed by atoms with Crippen LogP contribution in [0, 0.1) is 11.8 Å². The number of carboxylic acids is 1. The lowest BCUT2D eigenvalue weighted by Gasteiger charge is -2.32. The van der Waals surface area contributed by atoms with Crippen LogP contribution in [-0.4, -0.2) is 27.3 Å². The second-order valence-corrected chi connectivity index (χ2v) is 5.37. The summed E-state index contributed by atoms with van der Waals surface area (Å²) in [6.45, 7) is 4.53. The Morgan fingerprint density at radius 2 is 1.89 bits per heavy atom. The number of carbonyl (C=O) groups is 1. The highest BCUT2D eigenvalue weighted by molar-refractivity contribution is 5.85. The normalized spacial score (nSPS) is 27.8. The maximum absolute atomic E-state index is 10.7. The van der Waals surface area contributed by atoms with Gasteiger partial charge in [0.25, 0.3) is 0 Å². The fraction of sp³-hybridized carbons (Fsp3) is 0.615. The van der Waals surface area contributed by atoms with Gasteiger partial charge in [0.15, 0.2) is 5.69 Å². The van der Waals surface area contributed by atoms with Gasteiger partial charge in [-0.05, 0) is 43.2 Å². The van der Waals surface area contributed by atoms with E-state index in [1.807, 2.05) is 0 Å². The number of hydrogen-bond acceptors (Lipinski definition) is 4. The molecule has 1 fully saturated rings. The smallest absolute Gasteiger partial charge is 0.356 e. The van der Waals surface area contributed by atoms with E-state index in [9.17, 15) is 4.79 Å². The van der Waals surface area contributed by atoms with Crippen LogP contribution in [0.2, 0.25) is 0 Å². The van der Waals surface area contributed by atoms with Crippen molar-refractivity contribution >= 4 is 11.8 Å². The van der Waals surface area contributed by atoms with E-state index in [2.05, 4.69) is 29.4 Å². The molecular formula is C13H19N3O2. The Labute approximate surface area is 107 Å². The van der Waals surface area contributed by atoms with Crippen LogP contribution < -0.4 is 5.32 Å². The molecule has 2 N–H and O–H groups in total. The number of aromatic nitrogens is 2. The first-order valence-corrected chi connectivity index (χ1v) is 6.38. The van der Waals surface area contributed by atoms with Gasteiger partial charge in [0.05, 0.1) is 0 Å². The van der Waals surface area contributed by atoms with Crippen molar-refractivity contribution in [1.29, 1.82) is 0 Å². The van der Waals surface area contributed by atoms with Crippen molar-refractivity contribution in [3.05, 3.63) is 17.8 Å². The van der Waals surface area contributed by atoms with Crippen molar-refractivity contribution in [2.75, 3.05) is 5.32 Å². The molecule has 98 valence electrons. The average Bonchev–Trinajstić information content (AvgIpc) is 2.28. The second kappa shape index (κ2) is 5.33. The standard InChI is InChI=1S/C13H19N3O2/c1-8-5-9(2)7-10(6-8)14-12-4-3-11(13(17)18)15-16-12/h3-4,8-10H,5-7H2,1-2H3,(H,14,16)(H,17,18). The molecular weight excluding hydrogens is 230 g/mol. The van der Waals surface area contributed by atoms with E-state index < -0.39 is 5.97 Å². The van der Waals surface area contributed by atoms with Crippen LogP contribution in [0.15, 0.2) is 12.1 Å². The van der Waals surface area contributed by atoms with Gasteiger partial charge in [-0.25, -0.2) is 4.79 Å². The summed E-state index contributed by atoms with van der Waals surface area (Å²) in [6.07, 6.45) is 3.54. The van der Waals surface area contributed by atoms with Crippen molar-refractivity contribution in [3.63, 3.8) is 0 Å². The van der Waals surface area contributed by atoms with E-state index in [0.717, 1.165) is 24.7 Å². The summed E-state index contributed by atoms with van der Waals surface area (Å²) >= 11 is 0. The van der Waals surface area contributed by atoms with Crippen molar-refractivity contribution < 1.29 is 9.90 Å². The number of nitrogens with one attached hydrogen (secondary N) is 1. The maximum atomic E-state index is 10.7. The van der Waals surface area contributed by atoms with Crippen LogP contribution in [0.5, 0.6) is 0 Å². The minimum absolute atomic E-state index is 0.0223. The minimum atomic E-state index is -1.05. The van der Waals surface area contributed by atoms with E-state index in [4.69, 9.17) is 5.11 Å². The number of aromatic carboxylic acids is 1. The highest BCUT2D eigenvalue weighted by atomic mass is 16.4. The van der Waals surface area contributed by atoms with Gasteiger partial charge in [0.2, 0.25) is 0 Å². The third-order valence-electron chi connectivity index (χ3n) is 3.41. The van der Waals surface area contributed by atoms with Gasteiger partial charge in [-0.3, -0.25) is 0 Å². The van der Waals surface area contributed by atoms with Crippen LogP contribution in [0.4, 0.5) is 5.82 Å². The lowest BCUT2D eigenvalue weighted by molar-refractivity contribution is 0.0689. The molecule has 1 aromatic heterocycles. The first kappa shape index (κ1) is 12.8. The Morgan fingerprint density at radius 3 is 2.39 bits per heavy atom. The van der Waals surface area contributed by atoms with Gasteiger partial charge >= 0.3 is 5.97 Å². The van der Waals surface area contributed by atoms with Crippen LogP contribution in [0.1, 0.15) is 43.6 Å². The van der Waals surface area contributed by atoms with Gasteiger partial charge < -0.3 is 10.4 Å². The number of hydrogen-bond donors (Lipinski definition) is 2. The third kappa shape index (κ3) is 3.18. The van der Waals surface area contributed by atoms with E-state index in [1.54, 1.807) is 6.07 Å². The number of anilines is 1. The van der Waals surface area contributed by atoms with E-state index >= 15 is 0 Å². The molecule has 2 rings (SSSR count). The molecule has 1 saturated carbocycles. The third-order valence-corrected chi connectivity index (χ3v) is 3.41. The molecule has 1 aromatic rings. The molecule has 0 spiro atoms. The summed E-state index contributed by atoms with van der Waals surface area (Å²) in [4.78, 5) is 10.7. The molecule has 5 nitrogen and oxygen atoms in total. The Balaban J connectivity index is 1.98. The van der Waals surface area contributed by atoms with E-state index in [1.165, 1.54) is 12.5 Å². The summed E-state index contributed by atoms with van der Waals surface area (Å²) in [5.41, 5.74) is -0.0223. The predicted molar refractivity (Wildman–Crippen MR) is 68.6 cm³/mol. The van der Waals surface area contributed by atoms with Crippen molar-refractivity contribution in [2.24, 2.45) is 11.8 Å². The Hall–Kier alpha value is -1.65. The maximum Gasteiger partial charge on any atom is 0.356 e. The molecule has 0 saturated heterocycles. The molecule has 1 aliphatic carbocycles. The molecule has 0 radical (unpaired) electrons. The highest BCUT2D eigenvalue weighted by Gasteiger charge is 2.24. The lowest BCUT2D eigenvalue weighted by atomic mass is 9.80. The van der Waals surface area contributed by atoms with Crippen molar-refractivity contribution in [3.8, 4) is 0 Å². The summed E-state index contributed by atoms with van der Waals surface area (Å²) in [6, 6.07) is 3.57. The summed E-state index contributed by atoms with van der Waals surface area (Å²) in [5.74, 6) is 1.05.